The summed E-state index contributed by atoms with van der Waals surface area (Å²) < 4.78 is 5.39. The second-order valence-electron chi connectivity index (χ2n) is 6.26. The minimum absolute atomic E-state index is 0.228. The number of pyridine rings is 1. The molecule has 1 N–H and O–H groups in total. The van der Waals surface area contributed by atoms with Crippen molar-refractivity contribution < 1.29 is 9.53 Å². The lowest BCUT2D eigenvalue weighted by atomic mass is 10.1. The van der Waals surface area contributed by atoms with Gasteiger partial charge in [0.2, 0.25) is 0 Å². The van der Waals surface area contributed by atoms with Gasteiger partial charge < -0.3 is 15.0 Å². The van der Waals surface area contributed by atoms with Crippen molar-refractivity contribution >= 4 is 23.4 Å². The Bertz CT molecular complexity index is 477. The number of likely N-dealkylation sites (tertiary alicyclic amines) is 1. The third-order valence-electron chi connectivity index (χ3n) is 3.24. The largest absolute Gasteiger partial charge is 0.444 e. The molecule has 0 unspecified atom stereocenters. The predicted octanol–water partition coefficient (Wildman–Crippen LogP) is 3.55. The van der Waals surface area contributed by atoms with Gasteiger partial charge in [-0.25, -0.2) is 9.78 Å². The highest BCUT2D eigenvalue weighted by Crippen LogP contribution is 2.19. The van der Waals surface area contributed by atoms with E-state index in [-0.39, 0.29) is 6.09 Å². The molecule has 6 heteroatoms. The van der Waals surface area contributed by atoms with Crippen LogP contribution in [0, 0.1) is 0 Å². The number of ether oxygens (including phenoxy) is 1. The Kier molecular flexibility index (Phi) is 4.93. The Hall–Kier alpha value is -1.49. The first-order valence-corrected chi connectivity index (χ1v) is 7.57. The number of piperidine rings is 1. The maximum Gasteiger partial charge on any atom is 0.410 e. The van der Waals surface area contributed by atoms with Crippen molar-refractivity contribution in [2.24, 2.45) is 0 Å². The van der Waals surface area contributed by atoms with Gasteiger partial charge >= 0.3 is 6.09 Å². The maximum atomic E-state index is 12.0. The fraction of sp³-hybridized carbons (Fsp3) is 0.600. The summed E-state index contributed by atoms with van der Waals surface area (Å²) in [5.41, 5.74) is 0.511. The summed E-state index contributed by atoms with van der Waals surface area (Å²) in [4.78, 5) is 17.8. The van der Waals surface area contributed by atoms with E-state index < -0.39 is 5.60 Å². The first-order chi connectivity index (χ1) is 9.83. The van der Waals surface area contributed by atoms with Crippen molar-refractivity contribution in [1.82, 2.24) is 9.88 Å². The van der Waals surface area contributed by atoms with Crippen LogP contribution in [-0.2, 0) is 4.74 Å². The SMILES string of the molecule is CC(C)(C)OC(=O)N1CCC(Nc2ccc(Cl)nc2)CC1. The van der Waals surface area contributed by atoms with Gasteiger partial charge in [-0.15, -0.1) is 0 Å². The quantitative estimate of drug-likeness (QED) is 0.849. The van der Waals surface area contributed by atoms with Crippen molar-refractivity contribution in [3.63, 3.8) is 0 Å². The van der Waals surface area contributed by atoms with Gasteiger partial charge in [0.1, 0.15) is 10.8 Å². The summed E-state index contributed by atoms with van der Waals surface area (Å²) in [7, 11) is 0. The van der Waals surface area contributed by atoms with Crippen molar-refractivity contribution in [3.05, 3.63) is 23.5 Å². The molecule has 1 saturated heterocycles. The number of nitrogens with zero attached hydrogens (tertiary/aromatic N) is 2. The molecule has 21 heavy (non-hydrogen) atoms. The monoisotopic (exact) mass is 311 g/mol. The third-order valence-corrected chi connectivity index (χ3v) is 3.47. The zero-order valence-electron chi connectivity index (χ0n) is 12.7. The summed E-state index contributed by atoms with van der Waals surface area (Å²) in [6, 6.07) is 4.02. The van der Waals surface area contributed by atoms with Crippen molar-refractivity contribution in [3.8, 4) is 0 Å². The topological polar surface area (TPSA) is 54.5 Å². The minimum Gasteiger partial charge on any atom is -0.444 e. The smallest absolute Gasteiger partial charge is 0.410 e. The lowest BCUT2D eigenvalue weighted by Crippen LogP contribution is -2.44. The molecule has 5 nitrogen and oxygen atoms in total. The molecule has 1 aliphatic heterocycles. The van der Waals surface area contributed by atoms with E-state index in [1.54, 1.807) is 17.2 Å². The van der Waals surface area contributed by atoms with E-state index in [9.17, 15) is 4.79 Å². The predicted molar refractivity (Wildman–Crippen MR) is 83.7 cm³/mol. The van der Waals surface area contributed by atoms with Crippen molar-refractivity contribution in [2.45, 2.75) is 45.3 Å². The Balaban J connectivity index is 1.80. The molecule has 1 amide bonds. The van der Waals surface area contributed by atoms with Crippen LogP contribution in [0.5, 0.6) is 0 Å². The van der Waals surface area contributed by atoms with Gasteiger partial charge in [0.05, 0.1) is 11.9 Å². The molecule has 1 aromatic rings. The Labute approximate surface area is 130 Å². The van der Waals surface area contributed by atoms with Crippen LogP contribution < -0.4 is 5.32 Å². The molecule has 0 saturated carbocycles. The molecule has 0 spiro atoms. The van der Waals surface area contributed by atoms with E-state index in [2.05, 4.69) is 10.3 Å². The second-order valence-corrected chi connectivity index (χ2v) is 6.64. The maximum absolute atomic E-state index is 12.0. The molecule has 116 valence electrons. The van der Waals surface area contributed by atoms with Gasteiger partial charge in [-0.1, -0.05) is 11.6 Å². The molecule has 1 fully saturated rings. The van der Waals surface area contributed by atoms with E-state index >= 15 is 0 Å². The standard InChI is InChI=1S/C15H22ClN3O2/c1-15(2,3)21-14(20)19-8-6-11(7-9-19)18-12-4-5-13(16)17-10-12/h4-5,10-11,18H,6-9H2,1-3H3. The average molecular weight is 312 g/mol. The molecule has 0 atom stereocenters. The Morgan fingerprint density at radius 1 is 1.38 bits per heavy atom. The number of hydrogen-bond acceptors (Lipinski definition) is 4. The molecule has 0 aliphatic carbocycles. The number of carbonyl (C=O) groups excluding carboxylic acids is 1. The minimum atomic E-state index is -0.443. The van der Waals surface area contributed by atoms with Crippen LogP contribution in [0.2, 0.25) is 5.15 Å². The van der Waals surface area contributed by atoms with E-state index in [1.165, 1.54) is 0 Å². The molecule has 0 radical (unpaired) electrons. The van der Waals surface area contributed by atoms with Gasteiger partial charge in [-0.05, 0) is 45.7 Å². The summed E-state index contributed by atoms with van der Waals surface area (Å²) >= 11 is 5.76. The van der Waals surface area contributed by atoms with Crippen molar-refractivity contribution in [2.75, 3.05) is 18.4 Å². The van der Waals surface area contributed by atoms with Gasteiger partial charge in [-0.2, -0.15) is 0 Å². The molecule has 0 bridgehead atoms. The number of hydrogen-bond donors (Lipinski definition) is 1. The fourth-order valence-electron chi connectivity index (χ4n) is 2.23. The van der Waals surface area contributed by atoms with Crippen LogP contribution in [0.25, 0.3) is 0 Å². The highest BCUT2D eigenvalue weighted by Gasteiger charge is 2.26. The number of halogens is 1. The van der Waals surface area contributed by atoms with Gasteiger partial charge in [-0.3, -0.25) is 0 Å². The van der Waals surface area contributed by atoms with E-state index in [0.717, 1.165) is 18.5 Å². The fourth-order valence-corrected chi connectivity index (χ4v) is 2.34. The van der Waals surface area contributed by atoms with Crippen LogP contribution in [0.3, 0.4) is 0 Å². The Morgan fingerprint density at radius 3 is 2.57 bits per heavy atom. The Morgan fingerprint density at radius 2 is 2.05 bits per heavy atom. The highest BCUT2D eigenvalue weighted by atomic mass is 35.5. The zero-order valence-corrected chi connectivity index (χ0v) is 13.5. The molecule has 0 aromatic carbocycles. The lowest BCUT2D eigenvalue weighted by Gasteiger charge is -2.34. The van der Waals surface area contributed by atoms with Crippen LogP contribution in [0.4, 0.5) is 10.5 Å². The van der Waals surface area contributed by atoms with Crippen LogP contribution in [0.15, 0.2) is 18.3 Å². The molecule has 2 rings (SSSR count). The number of anilines is 1. The second kappa shape index (κ2) is 6.52. The van der Waals surface area contributed by atoms with Gasteiger partial charge in [0.25, 0.3) is 0 Å². The summed E-state index contributed by atoms with van der Waals surface area (Å²) in [6.45, 7) is 7.05. The summed E-state index contributed by atoms with van der Waals surface area (Å²) in [6.07, 6.45) is 3.28. The molecule has 1 aliphatic rings. The van der Waals surface area contributed by atoms with E-state index in [4.69, 9.17) is 16.3 Å². The molecular formula is C15H22ClN3O2. The van der Waals surface area contributed by atoms with Crippen molar-refractivity contribution in [1.29, 1.82) is 0 Å². The molecular weight excluding hydrogens is 290 g/mol. The highest BCUT2D eigenvalue weighted by molar-refractivity contribution is 6.29. The van der Waals surface area contributed by atoms with Gasteiger partial charge in [0.15, 0.2) is 0 Å². The van der Waals surface area contributed by atoms with Crippen LogP contribution >= 0.6 is 11.6 Å². The first-order valence-electron chi connectivity index (χ1n) is 7.19. The number of amides is 1. The first kappa shape index (κ1) is 15.9. The average Bonchev–Trinajstić information content (AvgIpc) is 2.40. The zero-order chi connectivity index (χ0) is 15.5. The van der Waals surface area contributed by atoms with E-state index in [0.29, 0.717) is 24.3 Å². The van der Waals surface area contributed by atoms with E-state index in [1.807, 2.05) is 26.8 Å². The summed E-state index contributed by atoms with van der Waals surface area (Å²) in [5, 5.41) is 3.90. The third kappa shape index (κ3) is 5.08. The number of nitrogens with one attached hydrogen (secondary N) is 1. The number of rotatable bonds is 2. The van der Waals surface area contributed by atoms with Gasteiger partial charge in [0, 0.05) is 19.1 Å². The number of aromatic nitrogens is 1. The van der Waals surface area contributed by atoms with Crippen LogP contribution in [-0.4, -0.2) is 40.7 Å². The summed E-state index contributed by atoms with van der Waals surface area (Å²) in [5.74, 6) is 0. The lowest BCUT2D eigenvalue weighted by molar-refractivity contribution is 0.0210. The molecule has 1 aromatic heterocycles. The molecule has 2 heterocycles. The normalized spacial score (nSPS) is 16.7. The van der Waals surface area contributed by atoms with Crippen LogP contribution in [0.1, 0.15) is 33.6 Å². The number of carbonyl (C=O) groups is 1.